The van der Waals surface area contributed by atoms with Crippen LogP contribution in [0.2, 0.25) is 0 Å². The number of allylic oxidation sites excluding steroid dienone is 2. The molecule has 26 heavy (non-hydrogen) atoms. The summed E-state index contributed by atoms with van der Waals surface area (Å²) < 4.78 is 5.20. The summed E-state index contributed by atoms with van der Waals surface area (Å²) in [6.45, 7) is 6.09. The molecule has 3 rings (SSSR count). The Bertz CT molecular complexity index is 863. The van der Waals surface area contributed by atoms with E-state index in [0.29, 0.717) is 6.42 Å². The number of esters is 1. The van der Waals surface area contributed by atoms with E-state index in [9.17, 15) is 9.59 Å². The fraction of sp³-hybridized carbons (Fsp3) is 0.304. The molecule has 0 saturated heterocycles. The smallest absolute Gasteiger partial charge is 0.317 e. The Kier molecular flexibility index (Phi) is 5.36. The molecule has 0 saturated carbocycles. The van der Waals surface area contributed by atoms with Gasteiger partial charge in [-0.25, -0.2) is 0 Å². The van der Waals surface area contributed by atoms with Gasteiger partial charge in [-0.15, -0.1) is 0 Å². The Morgan fingerprint density at radius 1 is 1.08 bits per heavy atom. The Morgan fingerprint density at radius 2 is 1.77 bits per heavy atom. The maximum atomic E-state index is 12.9. The van der Waals surface area contributed by atoms with Gasteiger partial charge < -0.3 is 4.74 Å². The maximum absolute atomic E-state index is 12.9. The van der Waals surface area contributed by atoms with E-state index in [2.05, 4.69) is 12.1 Å². The van der Waals surface area contributed by atoms with Crippen molar-refractivity contribution in [2.24, 2.45) is 5.92 Å². The molecule has 0 aromatic heterocycles. The van der Waals surface area contributed by atoms with Crippen molar-refractivity contribution in [3.05, 3.63) is 76.9 Å². The second-order valence-electron chi connectivity index (χ2n) is 6.90. The molecule has 1 aliphatic rings. The summed E-state index contributed by atoms with van der Waals surface area (Å²) in [6.07, 6.45) is 2.27. The number of carbonyl (C=O) groups excluding carboxylic acids is 2. The fourth-order valence-corrected chi connectivity index (χ4v) is 3.64. The summed E-state index contributed by atoms with van der Waals surface area (Å²) in [6, 6.07) is 16.2. The minimum absolute atomic E-state index is 0.169. The molecule has 0 N–H and O–H groups in total. The van der Waals surface area contributed by atoms with Crippen LogP contribution in [0.1, 0.15) is 41.5 Å². The molecule has 3 nitrogen and oxygen atoms in total. The van der Waals surface area contributed by atoms with Crippen molar-refractivity contribution >= 4 is 17.3 Å². The molecular weight excluding hydrogens is 324 g/mol. The number of ketones is 1. The molecule has 0 amide bonds. The van der Waals surface area contributed by atoms with Crippen LogP contribution in [0.15, 0.2) is 54.6 Å². The highest BCUT2D eigenvalue weighted by atomic mass is 16.5. The summed E-state index contributed by atoms with van der Waals surface area (Å²) in [4.78, 5) is 25.4. The lowest BCUT2D eigenvalue weighted by atomic mass is 9.73. The number of carbonyl (C=O) groups is 2. The van der Waals surface area contributed by atoms with Crippen molar-refractivity contribution in [1.82, 2.24) is 0 Å². The molecular formula is C23H24O3. The van der Waals surface area contributed by atoms with Crippen molar-refractivity contribution < 1.29 is 14.3 Å². The van der Waals surface area contributed by atoms with E-state index in [1.165, 1.54) is 0 Å². The molecule has 2 aromatic carbocycles. The molecule has 0 fully saturated rings. The van der Waals surface area contributed by atoms with E-state index in [0.717, 1.165) is 27.8 Å². The van der Waals surface area contributed by atoms with Gasteiger partial charge in [0.1, 0.15) is 5.92 Å². The minimum Gasteiger partial charge on any atom is -0.465 e. The first-order valence-electron chi connectivity index (χ1n) is 9.04. The topological polar surface area (TPSA) is 43.4 Å². The van der Waals surface area contributed by atoms with Crippen LogP contribution in [0.4, 0.5) is 0 Å². The molecule has 0 radical (unpaired) electrons. The zero-order valence-electron chi connectivity index (χ0n) is 15.5. The molecule has 2 aromatic rings. The monoisotopic (exact) mass is 348 g/mol. The van der Waals surface area contributed by atoms with Gasteiger partial charge in [-0.3, -0.25) is 9.59 Å². The van der Waals surface area contributed by atoms with E-state index in [-0.39, 0.29) is 18.3 Å². The van der Waals surface area contributed by atoms with Crippen LogP contribution in [0.5, 0.6) is 0 Å². The third-order valence-electron chi connectivity index (χ3n) is 4.86. The van der Waals surface area contributed by atoms with Crippen LogP contribution in [-0.2, 0) is 14.3 Å². The van der Waals surface area contributed by atoms with Gasteiger partial charge in [0.15, 0.2) is 5.78 Å². The van der Waals surface area contributed by atoms with Gasteiger partial charge in [0, 0.05) is 5.92 Å². The average molecular weight is 348 g/mol. The number of aryl methyl sites for hydroxylation is 2. The van der Waals surface area contributed by atoms with Gasteiger partial charge >= 0.3 is 5.97 Å². The van der Waals surface area contributed by atoms with Crippen molar-refractivity contribution in [1.29, 1.82) is 0 Å². The quantitative estimate of drug-likeness (QED) is 0.598. The third-order valence-corrected chi connectivity index (χ3v) is 4.86. The number of hydrogen-bond donors (Lipinski definition) is 0. The van der Waals surface area contributed by atoms with Crippen LogP contribution in [-0.4, -0.2) is 18.4 Å². The normalized spacial score (nSPS) is 19.8. The Hall–Kier alpha value is -2.68. The molecule has 2 atom stereocenters. The third kappa shape index (κ3) is 3.77. The van der Waals surface area contributed by atoms with Crippen molar-refractivity contribution in [2.75, 3.05) is 6.61 Å². The van der Waals surface area contributed by atoms with Crippen LogP contribution in [0.3, 0.4) is 0 Å². The standard InChI is InChI=1S/C23H24O3/c1-4-26-23(25)22-20(18-10-6-8-16(3)12-18)13-19(14-21(22)24)17-9-5-7-15(2)11-17/h5-12,14,20,22H,4,13H2,1-3H3/t20-,22-/m1/s1. The van der Waals surface area contributed by atoms with E-state index in [4.69, 9.17) is 4.74 Å². The van der Waals surface area contributed by atoms with Crippen LogP contribution < -0.4 is 0 Å². The zero-order chi connectivity index (χ0) is 18.7. The second kappa shape index (κ2) is 7.69. The van der Waals surface area contributed by atoms with Crippen LogP contribution in [0.25, 0.3) is 5.57 Å². The van der Waals surface area contributed by atoms with Gasteiger partial charge in [-0.1, -0.05) is 59.7 Å². The molecule has 0 unspecified atom stereocenters. The summed E-state index contributed by atoms with van der Waals surface area (Å²) in [5.41, 5.74) is 5.29. The number of hydrogen-bond acceptors (Lipinski definition) is 3. The fourth-order valence-electron chi connectivity index (χ4n) is 3.64. The summed E-state index contributed by atoms with van der Waals surface area (Å²) in [5, 5.41) is 0. The van der Waals surface area contributed by atoms with E-state index < -0.39 is 11.9 Å². The van der Waals surface area contributed by atoms with Gasteiger partial charge in [0.25, 0.3) is 0 Å². The predicted molar refractivity (Wildman–Crippen MR) is 103 cm³/mol. The minimum atomic E-state index is -0.773. The Morgan fingerprint density at radius 3 is 2.42 bits per heavy atom. The molecule has 3 heteroatoms. The Labute approximate surface area is 154 Å². The highest BCUT2D eigenvalue weighted by Gasteiger charge is 2.39. The molecule has 0 aliphatic heterocycles. The largest absolute Gasteiger partial charge is 0.465 e. The van der Waals surface area contributed by atoms with Gasteiger partial charge in [0.05, 0.1) is 6.61 Å². The highest BCUT2D eigenvalue weighted by molar-refractivity contribution is 6.10. The molecule has 0 heterocycles. The van der Waals surface area contributed by atoms with Crippen molar-refractivity contribution in [2.45, 2.75) is 33.1 Å². The number of rotatable bonds is 4. The average Bonchev–Trinajstić information content (AvgIpc) is 2.61. The lowest BCUT2D eigenvalue weighted by molar-refractivity contribution is -0.151. The first-order chi connectivity index (χ1) is 12.5. The van der Waals surface area contributed by atoms with Gasteiger partial charge in [-0.2, -0.15) is 0 Å². The van der Waals surface area contributed by atoms with Crippen molar-refractivity contribution in [3.8, 4) is 0 Å². The molecule has 0 spiro atoms. The number of benzene rings is 2. The first-order valence-corrected chi connectivity index (χ1v) is 9.04. The Balaban J connectivity index is 2.04. The highest BCUT2D eigenvalue weighted by Crippen LogP contribution is 2.40. The molecule has 1 aliphatic carbocycles. The summed E-state index contributed by atoms with van der Waals surface area (Å²) in [7, 11) is 0. The van der Waals surface area contributed by atoms with Crippen molar-refractivity contribution in [3.63, 3.8) is 0 Å². The summed E-state index contributed by atoms with van der Waals surface area (Å²) >= 11 is 0. The van der Waals surface area contributed by atoms with E-state index >= 15 is 0 Å². The number of ether oxygens (including phenoxy) is 1. The second-order valence-corrected chi connectivity index (χ2v) is 6.90. The lowest BCUT2D eigenvalue weighted by Crippen LogP contribution is -2.34. The molecule has 0 bridgehead atoms. The first kappa shape index (κ1) is 18.1. The van der Waals surface area contributed by atoms with E-state index in [1.807, 2.05) is 50.2 Å². The summed E-state index contributed by atoms with van der Waals surface area (Å²) in [5.74, 6) is -1.58. The van der Waals surface area contributed by atoms with Gasteiger partial charge in [0.2, 0.25) is 0 Å². The SMILES string of the molecule is CCOC(=O)[C@H]1C(=O)C=C(c2cccc(C)c2)C[C@@H]1c1cccc(C)c1. The lowest BCUT2D eigenvalue weighted by Gasteiger charge is -2.29. The molecule has 134 valence electrons. The van der Waals surface area contributed by atoms with Crippen LogP contribution in [0, 0.1) is 19.8 Å². The maximum Gasteiger partial charge on any atom is 0.317 e. The zero-order valence-corrected chi connectivity index (χ0v) is 15.5. The van der Waals surface area contributed by atoms with Gasteiger partial charge in [-0.05, 0) is 50.0 Å². The predicted octanol–water partition coefficient (Wildman–Crippen LogP) is 4.62. The van der Waals surface area contributed by atoms with E-state index in [1.54, 1.807) is 13.0 Å². The van der Waals surface area contributed by atoms with Crippen LogP contribution >= 0.6 is 0 Å².